The lowest BCUT2D eigenvalue weighted by molar-refractivity contribution is -0.124. The van der Waals surface area contributed by atoms with Crippen LogP contribution in [0.15, 0.2) is 42.2 Å². The van der Waals surface area contributed by atoms with Crippen molar-refractivity contribution in [1.29, 1.82) is 0 Å². The fourth-order valence-corrected chi connectivity index (χ4v) is 4.33. The van der Waals surface area contributed by atoms with Crippen molar-refractivity contribution in [3.63, 3.8) is 0 Å². The van der Waals surface area contributed by atoms with Gasteiger partial charge in [-0.2, -0.15) is 0 Å². The van der Waals surface area contributed by atoms with E-state index in [1.807, 2.05) is 44.2 Å². The Morgan fingerprint density at radius 2 is 1.61 bits per heavy atom. The molecule has 0 saturated carbocycles. The van der Waals surface area contributed by atoms with Crippen molar-refractivity contribution in [2.75, 3.05) is 13.2 Å². The molecule has 1 unspecified atom stereocenters. The maximum atomic E-state index is 13.2. The second-order valence-corrected chi connectivity index (χ2v) is 10.8. The van der Waals surface area contributed by atoms with Crippen molar-refractivity contribution in [3.05, 3.63) is 47.8 Å². The second kappa shape index (κ2) is 13.5. The summed E-state index contributed by atoms with van der Waals surface area (Å²) in [6.07, 6.45) is 1.36. The van der Waals surface area contributed by atoms with Crippen LogP contribution in [0.4, 0.5) is 4.79 Å². The Morgan fingerprint density at radius 1 is 1.03 bits per heavy atom. The minimum absolute atomic E-state index is 0.150. The average molecular weight is 483 g/mol. The third kappa shape index (κ3) is 11.5. The van der Waals surface area contributed by atoms with Gasteiger partial charge in [-0.05, 0) is 58.6 Å². The molecule has 33 heavy (non-hydrogen) atoms. The second-order valence-electron chi connectivity index (χ2n) is 8.94. The van der Waals surface area contributed by atoms with Crippen molar-refractivity contribution >= 4 is 19.6 Å². The molecule has 1 aromatic carbocycles. The molecule has 0 aliphatic carbocycles. The zero-order valence-electron chi connectivity index (χ0n) is 20.8. The number of carbonyl (C=O) groups excluding carboxylic acids is 2. The Hall–Kier alpha value is -2.15. The van der Waals surface area contributed by atoms with Gasteiger partial charge in [-0.3, -0.25) is 9.36 Å². The van der Waals surface area contributed by atoms with Gasteiger partial charge in [0.15, 0.2) is 0 Å². The van der Waals surface area contributed by atoms with E-state index in [9.17, 15) is 14.2 Å². The van der Waals surface area contributed by atoms with Gasteiger partial charge in [0.1, 0.15) is 11.6 Å². The number of hydrogen-bond donors (Lipinski definition) is 2. The van der Waals surface area contributed by atoms with Gasteiger partial charge in [0, 0.05) is 5.82 Å². The molecule has 0 aliphatic rings. The highest BCUT2D eigenvalue weighted by Gasteiger charge is 2.27. The van der Waals surface area contributed by atoms with Gasteiger partial charge in [-0.15, -0.1) is 0 Å². The fourth-order valence-electron chi connectivity index (χ4n) is 2.98. The van der Waals surface area contributed by atoms with Crippen molar-refractivity contribution in [2.45, 2.75) is 72.6 Å². The van der Waals surface area contributed by atoms with Crippen LogP contribution >= 0.6 is 7.60 Å². The number of rotatable bonds is 12. The predicted octanol–water partition coefficient (Wildman–Crippen LogP) is 5.56. The van der Waals surface area contributed by atoms with Gasteiger partial charge in [0.25, 0.3) is 0 Å². The molecule has 0 aliphatic heterocycles. The summed E-state index contributed by atoms with van der Waals surface area (Å²) in [5.74, 6) is 1.14. The van der Waals surface area contributed by atoms with Gasteiger partial charge >= 0.3 is 13.7 Å². The number of amides is 2. The molecule has 186 valence electrons. The van der Waals surface area contributed by atoms with Gasteiger partial charge in [-0.1, -0.05) is 44.2 Å². The third-order valence-corrected chi connectivity index (χ3v) is 6.02. The largest absolute Gasteiger partial charge is 0.444 e. The molecule has 2 atom stereocenters. The van der Waals surface area contributed by atoms with E-state index in [4.69, 9.17) is 13.8 Å². The number of nitrogens with one attached hydrogen (secondary N) is 2. The predicted molar refractivity (Wildman–Crippen MR) is 130 cm³/mol. The molecule has 0 heterocycles. The SMILES string of the molecule is CCOP(=O)(/C=C/C(NC(=O)[C@H](CC(C)C)NC(=O)OC(C)(C)C)c1ccccc1)OCC. The minimum atomic E-state index is -3.45. The molecule has 0 aromatic heterocycles. The number of alkyl carbamates (subject to hydrolysis) is 1. The molecule has 2 N–H and O–H groups in total. The minimum Gasteiger partial charge on any atom is -0.444 e. The molecule has 0 spiro atoms. The van der Waals surface area contributed by atoms with Gasteiger partial charge < -0.3 is 24.4 Å². The topological polar surface area (TPSA) is 103 Å². The molecule has 0 saturated heterocycles. The Morgan fingerprint density at radius 3 is 2.09 bits per heavy atom. The Balaban J connectivity index is 3.14. The van der Waals surface area contributed by atoms with Crippen molar-refractivity contribution in [1.82, 2.24) is 10.6 Å². The summed E-state index contributed by atoms with van der Waals surface area (Å²) in [6.45, 7) is 13.1. The Kier molecular flexibility index (Phi) is 11.8. The lowest BCUT2D eigenvalue weighted by Gasteiger charge is -2.26. The van der Waals surface area contributed by atoms with Crippen LogP contribution < -0.4 is 10.6 Å². The summed E-state index contributed by atoms with van der Waals surface area (Å²) in [7, 11) is -3.45. The van der Waals surface area contributed by atoms with Crippen LogP contribution in [0.1, 0.15) is 66.5 Å². The van der Waals surface area contributed by atoms with E-state index < -0.39 is 31.4 Å². The molecule has 2 amide bonds. The summed E-state index contributed by atoms with van der Waals surface area (Å²) in [4.78, 5) is 25.5. The van der Waals surface area contributed by atoms with Gasteiger partial charge in [-0.25, -0.2) is 4.79 Å². The molecular formula is C24H39N2O6P. The molecule has 9 heteroatoms. The molecule has 1 aromatic rings. The van der Waals surface area contributed by atoms with Crippen LogP contribution in [0.25, 0.3) is 0 Å². The Labute approximate surface area is 198 Å². The summed E-state index contributed by atoms with van der Waals surface area (Å²) in [6, 6.07) is 7.84. The standard InChI is InChI=1S/C24H39N2O6P/c1-8-30-33(29,31-9-2)16-15-20(19-13-11-10-12-14-19)25-22(27)21(17-18(3)4)26-23(28)32-24(5,6)7/h10-16,18,20-21H,8-9,17H2,1-7H3,(H,25,27)(H,26,28)/b16-15+/t20?,21-/m0/s1. The number of benzene rings is 1. The van der Waals surface area contributed by atoms with E-state index in [2.05, 4.69) is 10.6 Å². The normalized spacial score (nSPS) is 14.2. The first kappa shape index (κ1) is 28.9. The number of carbonyl (C=O) groups is 2. The van der Waals surface area contributed by atoms with Crippen LogP contribution in [0, 0.1) is 5.92 Å². The monoisotopic (exact) mass is 482 g/mol. The van der Waals surface area contributed by atoms with Crippen LogP contribution in [0.2, 0.25) is 0 Å². The van der Waals surface area contributed by atoms with E-state index in [1.165, 1.54) is 5.82 Å². The molecule has 8 nitrogen and oxygen atoms in total. The zero-order valence-corrected chi connectivity index (χ0v) is 21.7. The highest BCUT2D eigenvalue weighted by molar-refractivity contribution is 7.57. The van der Waals surface area contributed by atoms with E-state index in [0.717, 1.165) is 5.56 Å². The molecule has 0 fully saturated rings. The molecule has 0 bridgehead atoms. The van der Waals surface area contributed by atoms with Crippen LogP contribution in [0.3, 0.4) is 0 Å². The maximum absolute atomic E-state index is 13.2. The van der Waals surface area contributed by atoms with Crippen LogP contribution in [-0.4, -0.2) is 36.9 Å². The first-order valence-corrected chi connectivity index (χ1v) is 12.9. The van der Waals surface area contributed by atoms with Crippen LogP contribution in [-0.2, 0) is 23.1 Å². The van der Waals surface area contributed by atoms with E-state index in [-0.39, 0.29) is 25.0 Å². The summed E-state index contributed by atoms with van der Waals surface area (Å²) < 4.78 is 28.8. The highest BCUT2D eigenvalue weighted by atomic mass is 31.2. The smallest absolute Gasteiger partial charge is 0.408 e. The van der Waals surface area contributed by atoms with Crippen molar-refractivity contribution in [2.24, 2.45) is 5.92 Å². The lowest BCUT2D eigenvalue weighted by atomic mass is 10.0. The number of ether oxygens (including phenoxy) is 1. The molecular weight excluding hydrogens is 443 g/mol. The first-order chi connectivity index (χ1) is 15.4. The van der Waals surface area contributed by atoms with Crippen molar-refractivity contribution in [3.8, 4) is 0 Å². The van der Waals surface area contributed by atoms with Gasteiger partial charge in [0.05, 0.1) is 19.3 Å². The highest BCUT2D eigenvalue weighted by Crippen LogP contribution is 2.50. The Bertz CT molecular complexity index is 810. The molecule has 0 radical (unpaired) electrons. The third-order valence-electron chi connectivity index (χ3n) is 4.25. The summed E-state index contributed by atoms with van der Waals surface area (Å²) in [5.41, 5.74) is 0.0973. The first-order valence-electron chi connectivity index (χ1n) is 11.3. The van der Waals surface area contributed by atoms with Gasteiger partial charge in [0.2, 0.25) is 5.91 Å². The van der Waals surface area contributed by atoms with E-state index in [1.54, 1.807) is 40.7 Å². The summed E-state index contributed by atoms with van der Waals surface area (Å²) >= 11 is 0. The number of hydrogen-bond acceptors (Lipinski definition) is 6. The fraction of sp³-hybridized carbons (Fsp3) is 0.583. The van der Waals surface area contributed by atoms with E-state index in [0.29, 0.717) is 6.42 Å². The molecule has 1 rings (SSSR count). The van der Waals surface area contributed by atoms with Crippen LogP contribution in [0.5, 0.6) is 0 Å². The summed E-state index contributed by atoms with van der Waals surface area (Å²) in [5, 5.41) is 5.61. The van der Waals surface area contributed by atoms with E-state index >= 15 is 0 Å². The maximum Gasteiger partial charge on any atom is 0.408 e. The van der Waals surface area contributed by atoms with Crippen molar-refractivity contribution < 1.29 is 27.9 Å². The average Bonchev–Trinajstić information content (AvgIpc) is 2.69. The lowest BCUT2D eigenvalue weighted by Crippen LogP contribution is -2.49. The quantitative estimate of drug-likeness (QED) is 0.378. The zero-order chi connectivity index (χ0) is 25.1.